The summed E-state index contributed by atoms with van der Waals surface area (Å²) >= 11 is 0. The van der Waals surface area contributed by atoms with Gasteiger partial charge in [-0.25, -0.2) is 9.78 Å². The second-order valence-electron chi connectivity index (χ2n) is 8.04. The van der Waals surface area contributed by atoms with Gasteiger partial charge in [0.25, 0.3) is 5.56 Å². The van der Waals surface area contributed by atoms with Crippen molar-refractivity contribution in [1.82, 2.24) is 9.66 Å². The zero-order valence-electron chi connectivity index (χ0n) is 19.8. The molecule has 0 radical (unpaired) electrons. The van der Waals surface area contributed by atoms with Crippen LogP contribution in [-0.2, 0) is 9.53 Å². The molecule has 0 aliphatic heterocycles. The van der Waals surface area contributed by atoms with Crippen LogP contribution in [0.1, 0.15) is 19.4 Å². The van der Waals surface area contributed by atoms with E-state index in [0.29, 0.717) is 40.4 Å². The Balaban J connectivity index is 1.50. The molecule has 2 aromatic heterocycles. The number of benzene rings is 3. The first kappa shape index (κ1) is 23.0. The van der Waals surface area contributed by atoms with Gasteiger partial charge in [-0.1, -0.05) is 30.3 Å². The van der Waals surface area contributed by atoms with E-state index in [0.717, 1.165) is 10.9 Å². The molecule has 0 fully saturated rings. The summed E-state index contributed by atoms with van der Waals surface area (Å²) in [5.74, 6) is 0.826. The van der Waals surface area contributed by atoms with Crippen molar-refractivity contribution >= 4 is 34.1 Å². The lowest BCUT2D eigenvalue weighted by molar-refractivity contribution is -0.150. The molecule has 2 heterocycles. The highest BCUT2D eigenvalue weighted by atomic mass is 16.6. The van der Waals surface area contributed by atoms with Crippen LogP contribution in [0.3, 0.4) is 0 Å². The second-order valence-corrected chi connectivity index (χ2v) is 8.04. The first-order valence-electron chi connectivity index (χ1n) is 11.5. The minimum absolute atomic E-state index is 0.293. The van der Waals surface area contributed by atoms with Gasteiger partial charge in [0.1, 0.15) is 11.3 Å². The van der Waals surface area contributed by atoms with Crippen LogP contribution in [0.25, 0.3) is 33.5 Å². The lowest BCUT2D eigenvalue weighted by Crippen LogP contribution is -2.26. The van der Waals surface area contributed by atoms with Crippen LogP contribution in [0, 0.1) is 0 Å². The number of esters is 1. The van der Waals surface area contributed by atoms with Crippen molar-refractivity contribution in [3.05, 3.63) is 94.8 Å². The maximum atomic E-state index is 13.4. The maximum absolute atomic E-state index is 13.4. The van der Waals surface area contributed by atoms with Crippen LogP contribution in [-0.4, -0.2) is 34.6 Å². The lowest BCUT2D eigenvalue weighted by Gasteiger charge is -2.13. The zero-order valence-corrected chi connectivity index (χ0v) is 19.8. The molecule has 0 bridgehead atoms. The van der Waals surface area contributed by atoms with E-state index in [1.165, 1.54) is 4.68 Å². The molecule has 8 heteroatoms. The Kier molecular flexibility index (Phi) is 6.32. The SMILES string of the molecule is CCOC(=O)[C@@H](C)Oc1ccc(C=Nn2c(-c3cc4ccccc4o3)nc3ccccc3c2=O)cc1. The van der Waals surface area contributed by atoms with Crippen LogP contribution >= 0.6 is 0 Å². The molecular weight excluding hydrogens is 458 g/mol. The largest absolute Gasteiger partial charge is 0.479 e. The summed E-state index contributed by atoms with van der Waals surface area (Å²) in [6, 6.07) is 23.5. The van der Waals surface area contributed by atoms with E-state index in [1.54, 1.807) is 62.5 Å². The Morgan fingerprint density at radius 3 is 2.61 bits per heavy atom. The van der Waals surface area contributed by atoms with Crippen molar-refractivity contribution in [2.75, 3.05) is 6.61 Å². The number of hydrogen-bond donors (Lipinski definition) is 0. The molecule has 5 rings (SSSR count). The maximum Gasteiger partial charge on any atom is 0.347 e. The summed E-state index contributed by atoms with van der Waals surface area (Å²) in [5.41, 5.74) is 1.66. The molecular formula is C28H23N3O5. The molecule has 8 nitrogen and oxygen atoms in total. The average Bonchev–Trinajstić information content (AvgIpc) is 3.33. The van der Waals surface area contributed by atoms with Gasteiger partial charge in [0.2, 0.25) is 5.82 Å². The molecule has 180 valence electrons. The van der Waals surface area contributed by atoms with Crippen molar-refractivity contribution in [2.24, 2.45) is 5.10 Å². The normalized spacial score (nSPS) is 12.3. The first-order chi connectivity index (χ1) is 17.5. The Morgan fingerprint density at radius 1 is 1.08 bits per heavy atom. The van der Waals surface area contributed by atoms with Crippen LogP contribution < -0.4 is 10.3 Å². The van der Waals surface area contributed by atoms with E-state index in [2.05, 4.69) is 10.1 Å². The molecule has 0 aliphatic carbocycles. The van der Waals surface area contributed by atoms with E-state index >= 15 is 0 Å². The summed E-state index contributed by atoms with van der Waals surface area (Å²) in [7, 11) is 0. The first-order valence-corrected chi connectivity index (χ1v) is 11.5. The van der Waals surface area contributed by atoms with Gasteiger partial charge < -0.3 is 13.9 Å². The highest BCUT2D eigenvalue weighted by molar-refractivity contribution is 5.85. The van der Waals surface area contributed by atoms with Gasteiger partial charge in [0, 0.05) is 5.39 Å². The molecule has 0 saturated carbocycles. The highest BCUT2D eigenvalue weighted by Crippen LogP contribution is 2.27. The molecule has 36 heavy (non-hydrogen) atoms. The molecule has 0 unspecified atom stereocenters. The van der Waals surface area contributed by atoms with Gasteiger partial charge in [-0.05, 0) is 67.9 Å². The zero-order chi connectivity index (χ0) is 25.1. The van der Waals surface area contributed by atoms with Gasteiger partial charge in [0.05, 0.1) is 23.7 Å². The van der Waals surface area contributed by atoms with Crippen LogP contribution in [0.5, 0.6) is 5.75 Å². The minimum Gasteiger partial charge on any atom is -0.479 e. The minimum atomic E-state index is -0.724. The van der Waals surface area contributed by atoms with Gasteiger partial charge in [0.15, 0.2) is 11.9 Å². The van der Waals surface area contributed by atoms with Crippen molar-refractivity contribution in [1.29, 1.82) is 0 Å². The van der Waals surface area contributed by atoms with Crippen molar-refractivity contribution in [3.8, 4) is 17.3 Å². The Bertz CT molecular complexity index is 1600. The third-order valence-electron chi connectivity index (χ3n) is 5.53. The smallest absolute Gasteiger partial charge is 0.347 e. The summed E-state index contributed by atoms with van der Waals surface area (Å²) < 4.78 is 17.8. The van der Waals surface area contributed by atoms with Gasteiger partial charge in [-0.3, -0.25) is 4.79 Å². The van der Waals surface area contributed by atoms with E-state index in [9.17, 15) is 9.59 Å². The molecule has 0 spiro atoms. The van der Waals surface area contributed by atoms with Gasteiger partial charge >= 0.3 is 5.97 Å². The number of aromatic nitrogens is 2. The number of carbonyl (C=O) groups is 1. The summed E-state index contributed by atoms with van der Waals surface area (Å²) in [6.45, 7) is 3.67. The molecule has 5 aromatic rings. The standard InChI is InChI=1S/C28H23N3O5/c1-3-34-28(33)18(2)35-21-14-12-19(13-15-21)17-29-31-26(25-16-20-8-4-7-11-24(20)36-25)30-23-10-6-5-9-22(23)27(31)32/h4-18H,3H2,1-2H3/t18-/m1/s1. The highest BCUT2D eigenvalue weighted by Gasteiger charge is 2.17. The van der Waals surface area contributed by atoms with Crippen molar-refractivity contribution in [2.45, 2.75) is 20.0 Å². The fourth-order valence-electron chi connectivity index (χ4n) is 3.75. The summed E-state index contributed by atoms with van der Waals surface area (Å²) in [5, 5.41) is 5.81. The van der Waals surface area contributed by atoms with Crippen molar-refractivity contribution in [3.63, 3.8) is 0 Å². The summed E-state index contributed by atoms with van der Waals surface area (Å²) in [6.07, 6.45) is 0.834. The number of rotatable bonds is 7. The van der Waals surface area contributed by atoms with E-state index in [1.807, 2.05) is 36.4 Å². The Labute approximate surface area is 206 Å². The molecule has 0 aliphatic rings. The lowest BCUT2D eigenvalue weighted by atomic mass is 10.2. The van der Waals surface area contributed by atoms with Gasteiger partial charge in [-0.2, -0.15) is 9.78 Å². The number of nitrogens with zero attached hydrogens (tertiary/aromatic N) is 3. The number of carbonyl (C=O) groups excluding carboxylic acids is 1. The predicted octanol–water partition coefficient (Wildman–Crippen LogP) is 5.02. The number of hydrogen-bond acceptors (Lipinski definition) is 7. The van der Waals surface area contributed by atoms with Crippen LogP contribution in [0.15, 0.2) is 93.2 Å². The summed E-state index contributed by atoms with van der Waals surface area (Å²) in [4.78, 5) is 29.8. The molecule has 3 aromatic carbocycles. The molecule has 0 saturated heterocycles. The van der Waals surface area contributed by atoms with Gasteiger partial charge in [-0.15, -0.1) is 0 Å². The monoisotopic (exact) mass is 481 g/mol. The topological polar surface area (TPSA) is 95.9 Å². The number of ether oxygens (including phenoxy) is 2. The van der Waals surface area contributed by atoms with Crippen LogP contribution in [0.4, 0.5) is 0 Å². The second kappa shape index (κ2) is 9.87. The van der Waals surface area contributed by atoms with E-state index in [4.69, 9.17) is 13.9 Å². The average molecular weight is 482 g/mol. The third kappa shape index (κ3) is 4.61. The Hall–Kier alpha value is -4.72. The fraction of sp³-hybridized carbons (Fsp3) is 0.143. The fourth-order valence-corrected chi connectivity index (χ4v) is 3.75. The Morgan fingerprint density at radius 2 is 1.83 bits per heavy atom. The quantitative estimate of drug-likeness (QED) is 0.239. The third-order valence-corrected chi connectivity index (χ3v) is 5.53. The molecule has 0 N–H and O–H groups in total. The molecule has 1 atom stereocenters. The number of para-hydroxylation sites is 2. The number of fused-ring (bicyclic) bond motifs is 2. The van der Waals surface area contributed by atoms with E-state index in [-0.39, 0.29) is 5.56 Å². The number of furan rings is 1. The predicted molar refractivity (Wildman–Crippen MR) is 137 cm³/mol. The van der Waals surface area contributed by atoms with E-state index < -0.39 is 12.1 Å². The van der Waals surface area contributed by atoms with Crippen LogP contribution in [0.2, 0.25) is 0 Å². The van der Waals surface area contributed by atoms with Crippen molar-refractivity contribution < 1.29 is 18.7 Å². The molecule has 0 amide bonds.